The van der Waals surface area contributed by atoms with Crippen molar-refractivity contribution in [2.24, 2.45) is 5.92 Å². The molecule has 0 aliphatic carbocycles. The first-order valence-electron chi connectivity index (χ1n) is 11.3. The molecule has 0 radical (unpaired) electrons. The summed E-state index contributed by atoms with van der Waals surface area (Å²) in [4.78, 5) is 12.3. The van der Waals surface area contributed by atoms with E-state index in [2.05, 4.69) is 5.32 Å². The Labute approximate surface area is 196 Å². The molecule has 1 aromatic carbocycles. The molecule has 1 saturated heterocycles. The summed E-state index contributed by atoms with van der Waals surface area (Å²) in [6, 6.07) is 2.75. The Balaban J connectivity index is 2.18. The van der Waals surface area contributed by atoms with E-state index in [0.717, 1.165) is 0 Å². The van der Waals surface area contributed by atoms with Crippen molar-refractivity contribution < 1.29 is 32.4 Å². The second-order valence-corrected chi connectivity index (χ2v) is 11.4. The first kappa shape index (κ1) is 27.4. The van der Waals surface area contributed by atoms with Gasteiger partial charge >= 0.3 is 13.2 Å². The van der Waals surface area contributed by atoms with Crippen LogP contribution in [0.25, 0.3) is 0 Å². The van der Waals surface area contributed by atoms with Crippen LogP contribution in [0.3, 0.4) is 0 Å². The van der Waals surface area contributed by atoms with Crippen LogP contribution in [0.1, 0.15) is 75.7 Å². The quantitative estimate of drug-likeness (QED) is 0.572. The van der Waals surface area contributed by atoms with Gasteiger partial charge in [0.1, 0.15) is 12.2 Å². The third-order valence-corrected chi connectivity index (χ3v) is 5.79. The summed E-state index contributed by atoms with van der Waals surface area (Å²) in [6.45, 7) is 18.4. The third-order valence-electron chi connectivity index (χ3n) is 5.79. The van der Waals surface area contributed by atoms with Crippen molar-refractivity contribution in [2.45, 2.75) is 98.0 Å². The molecule has 1 atom stereocenters. The molecule has 1 aliphatic heterocycles. The number of hydrogen-bond acceptors (Lipinski definition) is 5. The minimum absolute atomic E-state index is 0.0321. The lowest BCUT2D eigenvalue weighted by molar-refractivity contribution is 0.00578. The van der Waals surface area contributed by atoms with E-state index in [1.54, 1.807) is 27.7 Å². The summed E-state index contributed by atoms with van der Waals surface area (Å²) in [6.07, 6.45) is -0.0560. The van der Waals surface area contributed by atoms with Crippen molar-refractivity contribution >= 4 is 18.7 Å². The maximum atomic E-state index is 14.9. The van der Waals surface area contributed by atoms with E-state index in [4.69, 9.17) is 18.8 Å². The SMILES string of the molecule is CC(C)CC(C)(COc1ccc(B2OC(C)(C)C(C)(C)O2)c(F)c1F)NC(=O)OC(C)(C)C. The lowest BCUT2D eigenvalue weighted by atomic mass is 9.78. The number of nitrogens with one attached hydrogen (secondary N) is 1. The van der Waals surface area contributed by atoms with Gasteiger partial charge in [0.25, 0.3) is 0 Å². The van der Waals surface area contributed by atoms with Crippen molar-refractivity contribution in [1.82, 2.24) is 5.32 Å². The van der Waals surface area contributed by atoms with Crippen molar-refractivity contribution in [2.75, 3.05) is 6.61 Å². The van der Waals surface area contributed by atoms with E-state index < -0.39 is 47.2 Å². The Morgan fingerprint density at radius 1 is 1.06 bits per heavy atom. The van der Waals surface area contributed by atoms with E-state index in [0.29, 0.717) is 6.42 Å². The molecule has 1 amide bonds. The first-order valence-corrected chi connectivity index (χ1v) is 11.3. The molecule has 33 heavy (non-hydrogen) atoms. The van der Waals surface area contributed by atoms with Gasteiger partial charge in [-0.05, 0) is 73.8 Å². The van der Waals surface area contributed by atoms with Crippen LogP contribution in [0.5, 0.6) is 5.75 Å². The van der Waals surface area contributed by atoms with Gasteiger partial charge in [-0.2, -0.15) is 4.39 Å². The van der Waals surface area contributed by atoms with Gasteiger partial charge in [-0.15, -0.1) is 0 Å². The standard InChI is InChI=1S/C24H38BF2NO5/c1-15(2)13-24(10,28-20(29)31-21(3,4)5)14-30-17-12-11-16(18(26)19(17)27)25-32-22(6,7)23(8,9)33-25/h11-12,15H,13-14H2,1-10H3,(H,28,29). The molecular formula is C24H38BF2NO5. The third kappa shape index (κ3) is 6.82. The van der Waals surface area contributed by atoms with Crippen LogP contribution in [-0.4, -0.2) is 42.2 Å². The molecule has 0 saturated carbocycles. The van der Waals surface area contributed by atoms with Crippen molar-refractivity contribution in [3.8, 4) is 5.75 Å². The maximum Gasteiger partial charge on any atom is 0.497 e. The minimum Gasteiger partial charge on any atom is -0.488 e. The number of ether oxygens (including phenoxy) is 2. The number of benzene rings is 1. The molecular weight excluding hydrogens is 431 g/mol. The largest absolute Gasteiger partial charge is 0.497 e. The second-order valence-electron chi connectivity index (χ2n) is 11.4. The highest BCUT2D eigenvalue weighted by atomic mass is 19.2. The lowest BCUT2D eigenvalue weighted by Gasteiger charge is -2.33. The van der Waals surface area contributed by atoms with Gasteiger partial charge in [0.05, 0.1) is 16.7 Å². The number of hydrogen-bond donors (Lipinski definition) is 1. The van der Waals surface area contributed by atoms with Crippen LogP contribution in [0, 0.1) is 17.6 Å². The van der Waals surface area contributed by atoms with Crippen LogP contribution < -0.4 is 15.5 Å². The summed E-state index contributed by atoms with van der Waals surface area (Å²) in [5.74, 6) is -2.27. The average Bonchev–Trinajstić information content (AvgIpc) is 2.81. The Hall–Kier alpha value is -1.87. The molecule has 0 aromatic heterocycles. The van der Waals surface area contributed by atoms with Gasteiger partial charge in [-0.25, -0.2) is 9.18 Å². The predicted octanol–water partition coefficient (Wildman–Crippen LogP) is 4.97. The van der Waals surface area contributed by atoms with Crippen LogP contribution in [-0.2, 0) is 14.0 Å². The highest BCUT2D eigenvalue weighted by Gasteiger charge is 2.52. The summed E-state index contributed by atoms with van der Waals surface area (Å²) < 4.78 is 52.5. The predicted molar refractivity (Wildman–Crippen MR) is 125 cm³/mol. The summed E-state index contributed by atoms with van der Waals surface area (Å²) in [7, 11) is -1.03. The number of halogens is 2. The fourth-order valence-corrected chi connectivity index (χ4v) is 3.64. The van der Waals surface area contributed by atoms with Gasteiger partial charge in [0.2, 0.25) is 0 Å². The minimum atomic E-state index is -1.13. The fraction of sp³-hybridized carbons (Fsp3) is 0.708. The Morgan fingerprint density at radius 3 is 2.09 bits per heavy atom. The molecule has 0 bridgehead atoms. The average molecular weight is 469 g/mol. The molecule has 1 aromatic rings. The van der Waals surface area contributed by atoms with Gasteiger partial charge in [0, 0.05) is 5.46 Å². The molecule has 9 heteroatoms. The number of rotatable bonds is 7. The highest BCUT2D eigenvalue weighted by molar-refractivity contribution is 6.62. The van der Waals surface area contributed by atoms with Crippen LogP contribution in [0.4, 0.5) is 13.6 Å². The summed E-state index contributed by atoms with van der Waals surface area (Å²) in [5.41, 5.74) is -2.91. The maximum absolute atomic E-state index is 14.9. The van der Waals surface area contributed by atoms with Crippen LogP contribution in [0.2, 0.25) is 0 Å². The fourth-order valence-electron chi connectivity index (χ4n) is 3.64. The first-order chi connectivity index (χ1) is 14.9. The van der Waals surface area contributed by atoms with Crippen molar-refractivity contribution in [1.29, 1.82) is 0 Å². The molecule has 1 heterocycles. The van der Waals surface area contributed by atoms with Crippen molar-refractivity contribution in [3.05, 3.63) is 23.8 Å². The lowest BCUT2D eigenvalue weighted by Crippen LogP contribution is -2.52. The van der Waals surface area contributed by atoms with Gasteiger partial charge in [-0.3, -0.25) is 0 Å². The molecule has 1 N–H and O–H groups in total. The monoisotopic (exact) mass is 469 g/mol. The van der Waals surface area contributed by atoms with E-state index in [-0.39, 0.29) is 23.7 Å². The zero-order valence-electron chi connectivity index (χ0n) is 21.5. The zero-order valence-corrected chi connectivity index (χ0v) is 21.5. The molecule has 0 spiro atoms. The summed E-state index contributed by atoms with van der Waals surface area (Å²) in [5, 5.41) is 2.82. The van der Waals surface area contributed by atoms with E-state index in [9.17, 15) is 13.6 Å². The van der Waals surface area contributed by atoms with E-state index in [1.807, 2.05) is 41.5 Å². The van der Waals surface area contributed by atoms with Crippen LogP contribution in [0.15, 0.2) is 12.1 Å². The Morgan fingerprint density at radius 2 is 1.61 bits per heavy atom. The Bertz CT molecular complexity index is 853. The zero-order chi connectivity index (χ0) is 25.4. The van der Waals surface area contributed by atoms with E-state index in [1.165, 1.54) is 12.1 Å². The highest BCUT2D eigenvalue weighted by Crippen LogP contribution is 2.37. The van der Waals surface area contributed by atoms with Crippen LogP contribution >= 0.6 is 0 Å². The number of carbonyl (C=O) groups excluding carboxylic acids is 1. The molecule has 6 nitrogen and oxygen atoms in total. The smallest absolute Gasteiger partial charge is 0.488 e. The number of alkyl carbamates (subject to hydrolysis) is 1. The Kier molecular flexibility index (Phi) is 7.81. The second kappa shape index (κ2) is 9.41. The molecule has 1 unspecified atom stereocenters. The number of amides is 1. The molecule has 2 rings (SSSR count). The normalized spacial score (nSPS) is 19.4. The molecule has 1 fully saturated rings. The van der Waals surface area contributed by atoms with Gasteiger partial charge in [-0.1, -0.05) is 19.9 Å². The topological polar surface area (TPSA) is 66.0 Å². The summed E-state index contributed by atoms with van der Waals surface area (Å²) >= 11 is 0. The molecule has 186 valence electrons. The van der Waals surface area contributed by atoms with Gasteiger partial charge in [0.15, 0.2) is 17.4 Å². The van der Waals surface area contributed by atoms with Crippen molar-refractivity contribution in [3.63, 3.8) is 0 Å². The molecule has 1 aliphatic rings. The number of carbonyl (C=O) groups is 1. The van der Waals surface area contributed by atoms with Gasteiger partial charge < -0.3 is 24.1 Å². The van der Waals surface area contributed by atoms with E-state index >= 15 is 0 Å².